The van der Waals surface area contributed by atoms with Crippen LogP contribution in [0, 0.1) is 0 Å². The highest BCUT2D eigenvalue weighted by Crippen LogP contribution is 2.22. The van der Waals surface area contributed by atoms with E-state index in [0.29, 0.717) is 17.3 Å². The van der Waals surface area contributed by atoms with Gasteiger partial charge in [-0.2, -0.15) is 5.10 Å². The van der Waals surface area contributed by atoms with E-state index in [1.165, 1.54) is 12.1 Å². The predicted molar refractivity (Wildman–Crippen MR) is 101 cm³/mol. The highest BCUT2D eigenvalue weighted by atomic mass is 32.2. The second-order valence-electron chi connectivity index (χ2n) is 5.79. The van der Waals surface area contributed by atoms with Crippen LogP contribution < -0.4 is 15.6 Å². The number of nitrogens with zero attached hydrogens (tertiary/aromatic N) is 2. The summed E-state index contributed by atoms with van der Waals surface area (Å²) in [6.07, 6.45) is 0.492. The molecule has 0 aliphatic heterocycles. The number of hydrogen-bond donors (Lipinski definition) is 2. The van der Waals surface area contributed by atoms with Gasteiger partial charge in [-0.3, -0.25) is 10.1 Å². The third kappa shape index (κ3) is 4.64. The molecule has 0 aliphatic carbocycles. The summed E-state index contributed by atoms with van der Waals surface area (Å²) in [5.74, 6) is 0.954. The summed E-state index contributed by atoms with van der Waals surface area (Å²) in [7, 11) is -1.54. The fourth-order valence-corrected chi connectivity index (χ4v) is 2.96. The Hall–Kier alpha value is -3.33. The predicted octanol–water partition coefficient (Wildman–Crippen LogP) is 2.61. The number of amides is 1. The first-order chi connectivity index (χ1) is 12.8. The lowest BCUT2D eigenvalue weighted by Gasteiger charge is -2.08. The minimum Gasteiger partial charge on any atom is -0.409 e. The minimum atomic E-state index is -3.25. The lowest BCUT2D eigenvalue weighted by molar-refractivity contribution is 0.202. The van der Waals surface area contributed by atoms with Crippen molar-refractivity contribution in [1.29, 1.82) is 0 Å². The highest BCUT2D eigenvalue weighted by molar-refractivity contribution is 7.90. The maximum absolute atomic E-state index is 11.8. The van der Waals surface area contributed by atoms with Crippen LogP contribution in [-0.2, 0) is 16.9 Å². The molecular weight excluding hydrogens is 368 g/mol. The van der Waals surface area contributed by atoms with E-state index in [9.17, 15) is 13.2 Å². The second kappa shape index (κ2) is 7.50. The largest absolute Gasteiger partial charge is 0.431 e. The molecule has 140 valence electrons. The van der Waals surface area contributed by atoms with E-state index in [1.54, 1.807) is 54.2 Å². The van der Waals surface area contributed by atoms with E-state index in [0.717, 1.165) is 11.8 Å². The summed E-state index contributed by atoms with van der Waals surface area (Å²) in [4.78, 5) is 12.1. The standard InChI is InChI=1S/C18H18N4O4S/c1-22-17(19-20-18(23)26-14-6-4-3-5-7-14)12-16(21-22)13-8-10-15(11-9-13)27(2,24)25/h3-12,19H,1-2H3,(H,20,23). The number of para-hydroxylation sites is 1. The summed E-state index contributed by atoms with van der Waals surface area (Å²) in [5, 5.41) is 4.35. The second-order valence-corrected chi connectivity index (χ2v) is 7.80. The van der Waals surface area contributed by atoms with E-state index in [1.807, 2.05) is 6.07 Å². The molecule has 27 heavy (non-hydrogen) atoms. The Bertz CT molecular complexity index is 1040. The van der Waals surface area contributed by atoms with Gasteiger partial charge in [0.15, 0.2) is 9.84 Å². The summed E-state index contributed by atoms with van der Waals surface area (Å²) in [5.41, 5.74) is 6.54. The molecule has 0 unspecified atom stereocenters. The van der Waals surface area contributed by atoms with Crippen molar-refractivity contribution in [2.24, 2.45) is 7.05 Å². The third-order valence-corrected chi connectivity index (χ3v) is 4.83. The number of sulfone groups is 1. The van der Waals surface area contributed by atoms with Crippen LogP contribution in [0.2, 0.25) is 0 Å². The number of aryl methyl sites for hydroxylation is 1. The molecule has 2 N–H and O–H groups in total. The van der Waals surface area contributed by atoms with Gasteiger partial charge in [-0.05, 0) is 24.3 Å². The number of anilines is 1. The quantitative estimate of drug-likeness (QED) is 0.654. The van der Waals surface area contributed by atoms with Crippen molar-refractivity contribution in [3.8, 4) is 17.0 Å². The van der Waals surface area contributed by atoms with E-state index >= 15 is 0 Å². The first-order valence-electron chi connectivity index (χ1n) is 7.96. The van der Waals surface area contributed by atoms with Gasteiger partial charge in [-0.1, -0.05) is 30.3 Å². The Morgan fingerprint density at radius 3 is 2.37 bits per heavy atom. The van der Waals surface area contributed by atoms with E-state index in [2.05, 4.69) is 16.0 Å². The number of carbonyl (C=O) groups is 1. The number of nitrogens with one attached hydrogen (secondary N) is 2. The number of hydrogen-bond acceptors (Lipinski definition) is 6. The molecule has 1 aromatic heterocycles. The van der Waals surface area contributed by atoms with Crippen LogP contribution in [0.4, 0.5) is 10.6 Å². The van der Waals surface area contributed by atoms with Crippen LogP contribution >= 0.6 is 0 Å². The zero-order valence-electron chi connectivity index (χ0n) is 14.7. The first-order valence-corrected chi connectivity index (χ1v) is 9.85. The molecule has 9 heteroatoms. The maximum atomic E-state index is 11.8. The summed E-state index contributed by atoms with van der Waals surface area (Å²) in [6.45, 7) is 0. The van der Waals surface area contributed by atoms with Crippen molar-refractivity contribution in [3.05, 3.63) is 60.7 Å². The maximum Gasteiger partial charge on any atom is 0.431 e. The average Bonchev–Trinajstić information content (AvgIpc) is 3.01. The minimum absolute atomic E-state index is 0.242. The van der Waals surface area contributed by atoms with Gasteiger partial charge < -0.3 is 4.74 Å². The molecule has 0 radical (unpaired) electrons. The van der Waals surface area contributed by atoms with Crippen LogP contribution in [0.15, 0.2) is 65.6 Å². The number of benzene rings is 2. The van der Waals surface area contributed by atoms with Gasteiger partial charge in [-0.25, -0.2) is 18.6 Å². The lowest BCUT2D eigenvalue weighted by atomic mass is 10.1. The van der Waals surface area contributed by atoms with E-state index in [4.69, 9.17) is 4.74 Å². The zero-order valence-corrected chi connectivity index (χ0v) is 15.5. The molecule has 0 fully saturated rings. The van der Waals surface area contributed by atoms with Crippen LogP contribution in [0.1, 0.15) is 0 Å². The van der Waals surface area contributed by atoms with Crippen molar-refractivity contribution < 1.29 is 17.9 Å². The van der Waals surface area contributed by atoms with Gasteiger partial charge in [0.1, 0.15) is 11.6 Å². The number of aromatic nitrogens is 2. The fourth-order valence-electron chi connectivity index (χ4n) is 2.33. The number of hydrazine groups is 1. The van der Waals surface area contributed by atoms with Gasteiger partial charge >= 0.3 is 6.09 Å². The normalized spacial score (nSPS) is 11.0. The molecule has 0 bridgehead atoms. The molecule has 0 saturated carbocycles. The van der Waals surface area contributed by atoms with Crippen LogP contribution in [0.3, 0.4) is 0 Å². The molecule has 8 nitrogen and oxygen atoms in total. The van der Waals surface area contributed by atoms with E-state index < -0.39 is 15.9 Å². The van der Waals surface area contributed by atoms with Crippen molar-refractivity contribution in [2.45, 2.75) is 4.90 Å². The number of carbonyl (C=O) groups excluding carboxylic acids is 1. The van der Waals surface area contributed by atoms with Crippen molar-refractivity contribution >= 4 is 21.7 Å². The molecule has 0 spiro atoms. The molecule has 1 heterocycles. The monoisotopic (exact) mass is 386 g/mol. The number of rotatable bonds is 5. The van der Waals surface area contributed by atoms with Crippen LogP contribution in [-0.4, -0.2) is 30.5 Å². The SMILES string of the molecule is Cn1nc(-c2ccc(S(C)(=O)=O)cc2)cc1NNC(=O)Oc1ccccc1. The molecule has 1 amide bonds. The van der Waals surface area contributed by atoms with Crippen LogP contribution in [0.5, 0.6) is 5.75 Å². The Kier molecular flexibility index (Phi) is 5.13. The van der Waals surface area contributed by atoms with Crippen molar-refractivity contribution in [2.75, 3.05) is 11.7 Å². The molecule has 3 aromatic rings. The van der Waals surface area contributed by atoms with Crippen molar-refractivity contribution in [1.82, 2.24) is 15.2 Å². The van der Waals surface area contributed by atoms with Gasteiger partial charge in [0, 0.05) is 24.9 Å². The molecular formula is C18H18N4O4S. The van der Waals surface area contributed by atoms with Gasteiger partial charge in [-0.15, -0.1) is 0 Å². The van der Waals surface area contributed by atoms with Crippen LogP contribution in [0.25, 0.3) is 11.3 Å². The summed E-state index contributed by atoms with van der Waals surface area (Å²) >= 11 is 0. The molecule has 2 aromatic carbocycles. The highest BCUT2D eigenvalue weighted by Gasteiger charge is 2.11. The van der Waals surface area contributed by atoms with Gasteiger partial charge in [0.2, 0.25) is 0 Å². The van der Waals surface area contributed by atoms with E-state index in [-0.39, 0.29) is 4.90 Å². The Morgan fingerprint density at radius 1 is 1.07 bits per heavy atom. The molecule has 0 saturated heterocycles. The summed E-state index contributed by atoms with van der Waals surface area (Å²) < 4.78 is 29.7. The van der Waals surface area contributed by atoms with Gasteiger partial charge in [0.05, 0.1) is 10.6 Å². The number of ether oxygens (including phenoxy) is 1. The molecule has 0 aliphatic rings. The lowest BCUT2D eigenvalue weighted by Crippen LogP contribution is -2.32. The zero-order chi connectivity index (χ0) is 19.4. The van der Waals surface area contributed by atoms with Crippen molar-refractivity contribution in [3.63, 3.8) is 0 Å². The Morgan fingerprint density at radius 2 is 1.74 bits per heavy atom. The topological polar surface area (TPSA) is 102 Å². The fraction of sp³-hybridized carbons (Fsp3) is 0.111. The first kappa shape index (κ1) is 18.5. The smallest absolute Gasteiger partial charge is 0.409 e. The Labute approximate surface area is 156 Å². The third-order valence-electron chi connectivity index (χ3n) is 3.70. The summed E-state index contributed by atoms with van der Waals surface area (Å²) in [6, 6.07) is 16.8. The van der Waals surface area contributed by atoms with Gasteiger partial charge in [0.25, 0.3) is 0 Å². The Balaban J connectivity index is 1.67. The average molecular weight is 386 g/mol. The molecule has 3 rings (SSSR count). The molecule has 0 atom stereocenters.